The average Bonchev–Trinajstić information content (AvgIpc) is 4.08. The van der Waals surface area contributed by atoms with Crippen molar-refractivity contribution < 1.29 is 60.1 Å². The summed E-state index contributed by atoms with van der Waals surface area (Å²) in [6.07, 6.45) is -1.32. The molecule has 0 radical (unpaired) electrons. The minimum Gasteiger partial charge on any atom is -0.486 e. The van der Waals surface area contributed by atoms with Crippen LogP contribution in [0.4, 0.5) is 18.0 Å². The molecule has 1 saturated heterocycles. The van der Waals surface area contributed by atoms with Crippen LogP contribution >= 0.6 is 0 Å². The van der Waals surface area contributed by atoms with Gasteiger partial charge in [-0.15, -0.1) is 0 Å². The SMILES string of the molecule is C[C@H]1CC/C=C\[C@@H]2C[C@@]2(C(=O)NS(=O)(=O)C2CC2)NC(=O)[C@@H]2C[C@@H](Oc3nccc4c5c(ccc34)OCCO5)CN2C(=O)[C@@H](N(C(=O)O)C(C)(C)C(F)(F)F)[C@H](C)C1. The van der Waals surface area contributed by atoms with E-state index in [0.717, 1.165) is 4.90 Å². The van der Waals surface area contributed by atoms with Crippen molar-refractivity contribution in [3.8, 4) is 17.4 Å². The predicted molar refractivity (Wildman–Crippen MR) is 201 cm³/mol. The van der Waals surface area contributed by atoms with Crippen molar-refractivity contribution >= 4 is 44.6 Å². The summed E-state index contributed by atoms with van der Waals surface area (Å²) in [6.45, 7) is 5.05. The molecule has 2 aromatic rings. The first-order valence-electron chi connectivity index (χ1n) is 19.5. The zero-order chi connectivity index (χ0) is 41.9. The molecule has 4 amide bonds. The zero-order valence-electron chi connectivity index (χ0n) is 32.6. The van der Waals surface area contributed by atoms with Crippen molar-refractivity contribution in [1.82, 2.24) is 24.8 Å². The summed E-state index contributed by atoms with van der Waals surface area (Å²) in [7, 11) is -4.02. The number of carbonyl (C=O) groups is 4. The van der Waals surface area contributed by atoms with E-state index in [0.29, 0.717) is 75.0 Å². The van der Waals surface area contributed by atoms with Crippen LogP contribution in [-0.4, -0.2) is 113 Å². The molecule has 7 rings (SSSR count). The lowest BCUT2D eigenvalue weighted by atomic mass is 9.85. The minimum absolute atomic E-state index is 0.0552. The van der Waals surface area contributed by atoms with Gasteiger partial charge in [0, 0.05) is 29.3 Å². The molecule has 2 aliphatic carbocycles. The van der Waals surface area contributed by atoms with E-state index in [1.807, 2.05) is 6.92 Å². The first-order valence-corrected chi connectivity index (χ1v) is 21.1. The monoisotopic (exact) mass is 835 g/mol. The van der Waals surface area contributed by atoms with Crippen LogP contribution in [0.5, 0.6) is 17.4 Å². The molecule has 3 N–H and O–H groups in total. The smallest absolute Gasteiger partial charge is 0.411 e. The molecule has 1 aromatic carbocycles. The topological polar surface area (TPSA) is 194 Å². The van der Waals surface area contributed by atoms with Gasteiger partial charge in [0.25, 0.3) is 5.91 Å². The number of amides is 4. The Hall–Kier alpha value is -4.81. The van der Waals surface area contributed by atoms with Gasteiger partial charge in [0.2, 0.25) is 27.7 Å². The maximum atomic E-state index is 15.0. The van der Waals surface area contributed by atoms with Gasteiger partial charge in [-0.2, -0.15) is 13.2 Å². The summed E-state index contributed by atoms with van der Waals surface area (Å²) in [5, 5.41) is 13.6. The lowest BCUT2D eigenvalue weighted by Gasteiger charge is -2.45. The first kappa shape index (κ1) is 41.4. The standard InChI is InChI=1S/C39H48F3N5O10S/c1-21-7-5-6-8-23-19-38(23,35(50)45-58(53,54)25-9-10-25)44-32(48)28-18-24(57-33-27-11-12-29-31(56-16-15-55-29)26(27)13-14-43-33)20-46(28)34(49)30(22(2)17-21)47(36(51)52)37(3,4)39(40,41)42/h6,8,11-14,21-25,28,30H,5,7,9-10,15-20H2,1-4H3,(H,44,48)(H,45,50)(H,51,52)/b8-6-/t21-,22+,23+,24+,28-,30-,38+/m0/s1. The number of halogens is 3. The summed E-state index contributed by atoms with van der Waals surface area (Å²) in [5.41, 5.74) is -4.74. The zero-order valence-corrected chi connectivity index (χ0v) is 33.4. The number of hydrogen-bond donors (Lipinski definition) is 3. The highest BCUT2D eigenvalue weighted by Gasteiger charge is 2.63. The maximum absolute atomic E-state index is 15.0. The molecule has 3 fully saturated rings. The molecule has 316 valence electrons. The number of allylic oxidation sites excluding steroid dienone is 1. The second-order valence-electron chi connectivity index (χ2n) is 16.7. The molecule has 15 nitrogen and oxygen atoms in total. The molecule has 19 heteroatoms. The third-order valence-electron chi connectivity index (χ3n) is 12.0. The second kappa shape index (κ2) is 15.1. The van der Waals surface area contributed by atoms with Crippen LogP contribution in [0, 0.1) is 17.8 Å². The highest BCUT2D eigenvalue weighted by molar-refractivity contribution is 7.91. The van der Waals surface area contributed by atoms with Gasteiger partial charge in [-0.3, -0.25) is 24.0 Å². The van der Waals surface area contributed by atoms with E-state index in [4.69, 9.17) is 14.2 Å². The van der Waals surface area contributed by atoms with E-state index in [1.54, 1.807) is 30.4 Å². The molecular formula is C39H48F3N5O10S. The number of sulfonamides is 1. The van der Waals surface area contributed by atoms with Crippen LogP contribution in [0.1, 0.15) is 72.6 Å². The lowest BCUT2D eigenvalue weighted by molar-refractivity contribution is -0.222. The van der Waals surface area contributed by atoms with Crippen molar-refractivity contribution in [2.24, 2.45) is 17.8 Å². The van der Waals surface area contributed by atoms with Crippen molar-refractivity contribution in [1.29, 1.82) is 0 Å². The van der Waals surface area contributed by atoms with Crippen LogP contribution < -0.4 is 24.2 Å². The van der Waals surface area contributed by atoms with Gasteiger partial charge in [0.1, 0.15) is 42.5 Å². The average molecular weight is 836 g/mol. The van der Waals surface area contributed by atoms with E-state index < -0.39 is 86.4 Å². The van der Waals surface area contributed by atoms with Gasteiger partial charge in [-0.25, -0.2) is 18.2 Å². The number of carboxylic acid groups (broad SMARTS) is 1. The maximum Gasteiger partial charge on any atom is 0.411 e. The van der Waals surface area contributed by atoms with Gasteiger partial charge in [-0.1, -0.05) is 26.0 Å². The molecule has 2 saturated carbocycles. The highest BCUT2D eigenvalue weighted by atomic mass is 32.2. The highest BCUT2D eigenvalue weighted by Crippen LogP contribution is 2.47. The van der Waals surface area contributed by atoms with Crippen LogP contribution in [0.15, 0.2) is 36.5 Å². The van der Waals surface area contributed by atoms with Crippen LogP contribution in [-0.2, 0) is 24.4 Å². The number of nitrogens with zero attached hydrogens (tertiary/aromatic N) is 3. The van der Waals surface area contributed by atoms with Crippen molar-refractivity contribution in [2.45, 2.75) is 113 Å². The Morgan fingerprint density at radius 1 is 1.07 bits per heavy atom. The molecule has 5 aliphatic rings. The summed E-state index contributed by atoms with van der Waals surface area (Å²) < 4.78 is 89.9. The number of hydrogen-bond acceptors (Lipinski definition) is 10. The molecule has 0 unspecified atom stereocenters. The Kier molecular flexibility index (Phi) is 10.8. The van der Waals surface area contributed by atoms with Crippen LogP contribution in [0.25, 0.3) is 10.8 Å². The fourth-order valence-electron chi connectivity index (χ4n) is 8.48. The number of alkyl halides is 3. The van der Waals surface area contributed by atoms with Gasteiger partial charge < -0.3 is 29.5 Å². The van der Waals surface area contributed by atoms with Gasteiger partial charge >= 0.3 is 12.3 Å². The summed E-state index contributed by atoms with van der Waals surface area (Å²) in [5.74, 6) is -3.52. The minimum atomic E-state index is -5.10. The normalized spacial score (nSPS) is 29.9. The first-order chi connectivity index (χ1) is 27.2. The van der Waals surface area contributed by atoms with E-state index in [2.05, 4.69) is 15.0 Å². The largest absolute Gasteiger partial charge is 0.486 e. The number of nitrogens with one attached hydrogen (secondary N) is 2. The van der Waals surface area contributed by atoms with Crippen LogP contribution in [0.2, 0.25) is 0 Å². The summed E-state index contributed by atoms with van der Waals surface area (Å²) in [6, 6.07) is 1.72. The second-order valence-corrected chi connectivity index (χ2v) is 18.7. The van der Waals surface area contributed by atoms with E-state index in [1.165, 1.54) is 13.1 Å². The number of aromatic nitrogens is 1. The fraction of sp³-hybridized carbons (Fsp3) is 0.615. The molecule has 3 aliphatic heterocycles. The Labute approximate surface area is 333 Å². The Morgan fingerprint density at radius 3 is 2.48 bits per heavy atom. The van der Waals surface area contributed by atoms with Crippen LogP contribution in [0.3, 0.4) is 0 Å². The molecule has 0 spiro atoms. The number of fused-ring (bicyclic) bond motifs is 5. The Morgan fingerprint density at radius 2 is 1.79 bits per heavy atom. The third-order valence-corrected chi connectivity index (χ3v) is 13.9. The number of ether oxygens (including phenoxy) is 3. The molecule has 7 atom stereocenters. The van der Waals surface area contributed by atoms with E-state index in [9.17, 15) is 45.9 Å². The van der Waals surface area contributed by atoms with Gasteiger partial charge in [-0.05, 0) is 82.4 Å². The molecule has 4 heterocycles. The lowest BCUT2D eigenvalue weighted by Crippen LogP contribution is -2.66. The molecule has 1 aromatic heterocycles. The number of pyridine rings is 1. The van der Waals surface area contributed by atoms with Gasteiger partial charge in [0.05, 0.1) is 11.8 Å². The third kappa shape index (κ3) is 7.73. The molecular weight excluding hydrogens is 788 g/mol. The number of carbonyl (C=O) groups excluding carboxylic acids is 3. The molecule has 0 bridgehead atoms. The predicted octanol–water partition coefficient (Wildman–Crippen LogP) is 4.54. The Bertz CT molecular complexity index is 2130. The summed E-state index contributed by atoms with van der Waals surface area (Å²) in [4.78, 5) is 61.8. The van der Waals surface area contributed by atoms with E-state index >= 15 is 0 Å². The number of rotatable bonds is 7. The molecule has 58 heavy (non-hydrogen) atoms. The van der Waals surface area contributed by atoms with Crippen molar-refractivity contribution in [3.63, 3.8) is 0 Å². The Balaban J connectivity index is 1.29. The van der Waals surface area contributed by atoms with E-state index in [-0.39, 0.29) is 42.5 Å². The fourth-order valence-corrected chi connectivity index (χ4v) is 9.84. The van der Waals surface area contributed by atoms with Crippen molar-refractivity contribution in [3.05, 3.63) is 36.5 Å². The number of benzene rings is 1. The quantitative estimate of drug-likeness (QED) is 0.332. The summed E-state index contributed by atoms with van der Waals surface area (Å²) >= 11 is 0. The van der Waals surface area contributed by atoms with Gasteiger partial charge in [0.15, 0.2) is 11.5 Å². The van der Waals surface area contributed by atoms with Crippen molar-refractivity contribution in [2.75, 3.05) is 19.8 Å².